The summed E-state index contributed by atoms with van der Waals surface area (Å²) in [5.41, 5.74) is 6.01. The number of hydrogen-bond acceptors (Lipinski definition) is 3. The smallest absolute Gasteiger partial charge is 0.253 e. The van der Waals surface area contributed by atoms with Crippen LogP contribution in [-0.2, 0) is 6.54 Å². The second kappa shape index (κ2) is 6.89. The first-order chi connectivity index (χ1) is 12.0. The van der Waals surface area contributed by atoms with Crippen molar-refractivity contribution in [3.63, 3.8) is 0 Å². The van der Waals surface area contributed by atoms with Crippen LogP contribution in [0.3, 0.4) is 0 Å². The van der Waals surface area contributed by atoms with Gasteiger partial charge in [0.15, 0.2) is 5.82 Å². The lowest BCUT2D eigenvalue weighted by atomic mass is 10.1. The van der Waals surface area contributed by atoms with Crippen molar-refractivity contribution in [2.75, 3.05) is 0 Å². The second-order valence-corrected chi connectivity index (χ2v) is 6.28. The monoisotopic (exact) mass is 334 g/mol. The fraction of sp³-hybridized carbons (Fsp3) is 0.250. The Morgan fingerprint density at radius 3 is 2.32 bits per heavy atom. The average molecular weight is 334 g/mol. The van der Waals surface area contributed by atoms with E-state index >= 15 is 0 Å². The molecule has 0 unspecified atom stereocenters. The number of carbonyl (C=O) groups is 1. The minimum Gasteiger partial charge on any atom is -0.348 e. The third kappa shape index (κ3) is 3.60. The lowest BCUT2D eigenvalue weighted by molar-refractivity contribution is 0.0950. The van der Waals surface area contributed by atoms with Gasteiger partial charge in [-0.3, -0.25) is 4.79 Å². The molecule has 1 aromatic carbocycles. The SMILES string of the molecule is Cc1ccc(CNC(=O)c2ccc(-n3nc(C)c(C)c3C)nc2)cc1. The zero-order valence-electron chi connectivity index (χ0n) is 15.0. The van der Waals surface area contributed by atoms with Crippen molar-refractivity contribution < 1.29 is 4.79 Å². The van der Waals surface area contributed by atoms with E-state index in [0.29, 0.717) is 17.9 Å². The maximum Gasteiger partial charge on any atom is 0.253 e. The first-order valence-electron chi connectivity index (χ1n) is 8.28. The van der Waals surface area contributed by atoms with Gasteiger partial charge in [0.05, 0.1) is 11.3 Å². The molecule has 0 radical (unpaired) electrons. The maximum absolute atomic E-state index is 12.3. The summed E-state index contributed by atoms with van der Waals surface area (Å²) >= 11 is 0. The Hall–Kier alpha value is -2.95. The summed E-state index contributed by atoms with van der Waals surface area (Å²) in [5, 5.41) is 7.41. The van der Waals surface area contributed by atoms with Crippen LogP contribution in [0.4, 0.5) is 0 Å². The normalized spacial score (nSPS) is 10.7. The van der Waals surface area contributed by atoms with Crippen molar-refractivity contribution in [3.8, 4) is 5.82 Å². The summed E-state index contributed by atoms with van der Waals surface area (Å²) in [6.07, 6.45) is 1.59. The molecule has 0 fully saturated rings. The van der Waals surface area contributed by atoms with Gasteiger partial charge in [-0.15, -0.1) is 0 Å². The molecule has 2 aromatic heterocycles. The summed E-state index contributed by atoms with van der Waals surface area (Å²) in [6.45, 7) is 8.57. The molecule has 128 valence electrons. The largest absolute Gasteiger partial charge is 0.348 e. The molecule has 0 saturated heterocycles. The predicted octanol–water partition coefficient (Wildman–Crippen LogP) is 3.43. The molecule has 1 N–H and O–H groups in total. The summed E-state index contributed by atoms with van der Waals surface area (Å²) < 4.78 is 1.80. The number of aryl methyl sites for hydroxylation is 2. The molecule has 25 heavy (non-hydrogen) atoms. The second-order valence-electron chi connectivity index (χ2n) is 6.28. The molecule has 0 atom stereocenters. The van der Waals surface area contributed by atoms with E-state index in [4.69, 9.17) is 0 Å². The van der Waals surface area contributed by atoms with E-state index in [1.165, 1.54) is 5.56 Å². The summed E-state index contributed by atoms with van der Waals surface area (Å²) in [4.78, 5) is 16.7. The van der Waals surface area contributed by atoms with Crippen LogP contribution in [0.5, 0.6) is 0 Å². The number of amides is 1. The molecule has 3 rings (SSSR count). The van der Waals surface area contributed by atoms with Gasteiger partial charge >= 0.3 is 0 Å². The van der Waals surface area contributed by atoms with E-state index in [0.717, 1.165) is 22.5 Å². The molecule has 2 heterocycles. The van der Waals surface area contributed by atoms with Gasteiger partial charge in [0.2, 0.25) is 0 Å². The van der Waals surface area contributed by atoms with E-state index in [2.05, 4.69) is 15.4 Å². The standard InChI is InChI=1S/C20H22N4O/c1-13-5-7-17(8-6-13)11-22-20(25)18-9-10-19(21-12-18)24-16(4)14(2)15(3)23-24/h5-10,12H,11H2,1-4H3,(H,22,25). The van der Waals surface area contributed by atoms with Crippen LogP contribution in [0.1, 0.15) is 38.4 Å². The molecule has 5 nitrogen and oxygen atoms in total. The highest BCUT2D eigenvalue weighted by molar-refractivity contribution is 5.93. The van der Waals surface area contributed by atoms with Crippen molar-refractivity contribution in [2.45, 2.75) is 34.2 Å². The van der Waals surface area contributed by atoms with Gasteiger partial charge in [-0.1, -0.05) is 29.8 Å². The first kappa shape index (κ1) is 16.9. The van der Waals surface area contributed by atoms with Crippen LogP contribution < -0.4 is 5.32 Å². The van der Waals surface area contributed by atoms with Gasteiger partial charge in [0.25, 0.3) is 5.91 Å². The molecule has 0 aliphatic carbocycles. The van der Waals surface area contributed by atoms with Crippen molar-refractivity contribution in [1.82, 2.24) is 20.1 Å². The van der Waals surface area contributed by atoms with E-state index in [1.54, 1.807) is 16.9 Å². The lowest BCUT2D eigenvalue weighted by Gasteiger charge is -2.07. The molecule has 0 bridgehead atoms. The third-order valence-electron chi connectivity index (χ3n) is 4.45. The van der Waals surface area contributed by atoms with E-state index in [1.807, 2.05) is 58.0 Å². The van der Waals surface area contributed by atoms with Crippen LogP contribution >= 0.6 is 0 Å². The zero-order valence-corrected chi connectivity index (χ0v) is 15.0. The minimum absolute atomic E-state index is 0.135. The van der Waals surface area contributed by atoms with Gasteiger partial charge in [0, 0.05) is 18.4 Å². The first-order valence-corrected chi connectivity index (χ1v) is 8.28. The van der Waals surface area contributed by atoms with Gasteiger partial charge < -0.3 is 5.32 Å². The Labute approximate surface area is 147 Å². The van der Waals surface area contributed by atoms with Gasteiger partial charge in [-0.2, -0.15) is 5.10 Å². The summed E-state index contributed by atoms with van der Waals surface area (Å²) in [6, 6.07) is 11.7. The quantitative estimate of drug-likeness (QED) is 0.795. The number of benzene rings is 1. The van der Waals surface area contributed by atoms with Gasteiger partial charge in [0.1, 0.15) is 0 Å². The van der Waals surface area contributed by atoms with Crippen LogP contribution in [0.2, 0.25) is 0 Å². The Kier molecular flexibility index (Phi) is 4.65. The van der Waals surface area contributed by atoms with Crippen LogP contribution in [0, 0.1) is 27.7 Å². The van der Waals surface area contributed by atoms with Crippen LogP contribution in [0.25, 0.3) is 5.82 Å². The molecule has 3 aromatic rings. The molecule has 0 saturated carbocycles. The summed E-state index contributed by atoms with van der Waals surface area (Å²) in [7, 11) is 0. The molecule has 0 aliphatic rings. The van der Waals surface area contributed by atoms with Crippen molar-refractivity contribution >= 4 is 5.91 Å². The van der Waals surface area contributed by atoms with Crippen molar-refractivity contribution in [1.29, 1.82) is 0 Å². The number of nitrogens with zero attached hydrogens (tertiary/aromatic N) is 3. The van der Waals surface area contributed by atoms with Crippen LogP contribution in [-0.4, -0.2) is 20.7 Å². The molecule has 0 aliphatic heterocycles. The number of aromatic nitrogens is 3. The number of pyridine rings is 1. The van der Waals surface area contributed by atoms with Crippen molar-refractivity contribution in [3.05, 3.63) is 76.2 Å². The maximum atomic E-state index is 12.3. The fourth-order valence-corrected chi connectivity index (χ4v) is 2.58. The highest BCUT2D eigenvalue weighted by Crippen LogP contribution is 2.15. The molecular weight excluding hydrogens is 312 g/mol. The third-order valence-corrected chi connectivity index (χ3v) is 4.45. The van der Waals surface area contributed by atoms with Crippen LogP contribution in [0.15, 0.2) is 42.6 Å². The van der Waals surface area contributed by atoms with E-state index in [-0.39, 0.29) is 5.91 Å². The predicted molar refractivity (Wildman–Crippen MR) is 97.9 cm³/mol. The number of nitrogens with one attached hydrogen (secondary N) is 1. The minimum atomic E-state index is -0.135. The Bertz CT molecular complexity index is 893. The molecule has 1 amide bonds. The van der Waals surface area contributed by atoms with E-state index < -0.39 is 0 Å². The zero-order chi connectivity index (χ0) is 18.0. The number of rotatable bonds is 4. The molecular formula is C20H22N4O. The Morgan fingerprint density at radius 1 is 1.04 bits per heavy atom. The highest BCUT2D eigenvalue weighted by Gasteiger charge is 2.11. The molecule has 5 heteroatoms. The fourth-order valence-electron chi connectivity index (χ4n) is 2.58. The molecule has 0 spiro atoms. The average Bonchev–Trinajstić information content (AvgIpc) is 2.88. The van der Waals surface area contributed by atoms with Crippen molar-refractivity contribution in [2.24, 2.45) is 0 Å². The Morgan fingerprint density at radius 2 is 1.76 bits per heavy atom. The number of hydrogen-bond donors (Lipinski definition) is 1. The van der Waals surface area contributed by atoms with Gasteiger partial charge in [-0.25, -0.2) is 9.67 Å². The summed E-state index contributed by atoms with van der Waals surface area (Å²) in [5.74, 6) is 0.577. The highest BCUT2D eigenvalue weighted by atomic mass is 16.1. The Balaban J connectivity index is 1.70. The number of carbonyl (C=O) groups excluding carboxylic acids is 1. The van der Waals surface area contributed by atoms with Gasteiger partial charge in [-0.05, 0) is 51.0 Å². The topological polar surface area (TPSA) is 59.8 Å². The van der Waals surface area contributed by atoms with E-state index in [9.17, 15) is 4.79 Å². The lowest BCUT2D eigenvalue weighted by Crippen LogP contribution is -2.23.